The summed E-state index contributed by atoms with van der Waals surface area (Å²) in [5.41, 5.74) is 3.75. The summed E-state index contributed by atoms with van der Waals surface area (Å²) >= 11 is 1.73. The molecular formula is C16H18N2OS. The van der Waals surface area contributed by atoms with Crippen LogP contribution in [0.2, 0.25) is 0 Å². The smallest absolute Gasteiger partial charge is 0.150 e. The average molecular weight is 286 g/mol. The summed E-state index contributed by atoms with van der Waals surface area (Å²) in [6, 6.07) is 9.25. The van der Waals surface area contributed by atoms with Crippen molar-refractivity contribution in [3.05, 3.63) is 35.0 Å². The lowest BCUT2D eigenvalue weighted by atomic mass is 10.0. The van der Waals surface area contributed by atoms with Crippen molar-refractivity contribution in [2.24, 2.45) is 0 Å². The van der Waals surface area contributed by atoms with Crippen molar-refractivity contribution in [1.29, 1.82) is 0 Å². The first-order valence-corrected chi connectivity index (χ1v) is 8.13. The minimum Gasteiger partial charge on any atom is -0.491 e. The first kappa shape index (κ1) is 12.2. The second-order valence-electron chi connectivity index (χ2n) is 5.35. The number of hydrogen-bond donors (Lipinski definition) is 1. The Morgan fingerprint density at radius 1 is 1.30 bits per heavy atom. The third kappa shape index (κ3) is 2.00. The molecule has 1 saturated heterocycles. The normalized spacial score (nSPS) is 21.6. The summed E-state index contributed by atoms with van der Waals surface area (Å²) in [5, 5.41) is 7.81. The Kier molecular flexibility index (Phi) is 3.13. The lowest BCUT2D eigenvalue weighted by molar-refractivity contribution is 0.305. The predicted molar refractivity (Wildman–Crippen MR) is 83.9 cm³/mol. The van der Waals surface area contributed by atoms with Crippen LogP contribution in [0.5, 0.6) is 5.75 Å². The van der Waals surface area contributed by atoms with E-state index < -0.39 is 0 Å². The van der Waals surface area contributed by atoms with E-state index in [2.05, 4.69) is 45.2 Å². The first-order chi connectivity index (χ1) is 9.93. The monoisotopic (exact) mass is 286 g/mol. The van der Waals surface area contributed by atoms with Crippen molar-refractivity contribution in [2.45, 2.75) is 12.5 Å². The molecule has 0 unspecified atom stereocenters. The van der Waals surface area contributed by atoms with Gasteiger partial charge in [0.25, 0.3) is 0 Å². The molecule has 1 fully saturated rings. The molecule has 20 heavy (non-hydrogen) atoms. The van der Waals surface area contributed by atoms with E-state index in [4.69, 9.17) is 4.74 Å². The summed E-state index contributed by atoms with van der Waals surface area (Å²) in [5.74, 6) is 1.07. The van der Waals surface area contributed by atoms with Gasteiger partial charge in [0.1, 0.15) is 5.75 Å². The third-order valence-electron chi connectivity index (χ3n) is 4.18. The van der Waals surface area contributed by atoms with Crippen LogP contribution in [0.1, 0.15) is 6.42 Å². The van der Waals surface area contributed by atoms with E-state index in [1.54, 1.807) is 11.3 Å². The Labute approximate surface area is 123 Å². The van der Waals surface area contributed by atoms with Gasteiger partial charge in [-0.3, -0.25) is 0 Å². The van der Waals surface area contributed by atoms with Crippen LogP contribution in [0, 0.1) is 0 Å². The SMILES string of the molecule is c1cc(-c2ccsc2)c2c(c1)N1CCNC[C@@H]1CCO2. The second kappa shape index (κ2) is 5.11. The molecule has 0 bridgehead atoms. The fourth-order valence-electron chi connectivity index (χ4n) is 3.18. The van der Waals surface area contributed by atoms with E-state index in [0.717, 1.165) is 38.4 Å². The highest BCUT2D eigenvalue weighted by Crippen LogP contribution is 2.41. The number of hydrogen-bond acceptors (Lipinski definition) is 4. The van der Waals surface area contributed by atoms with Crippen molar-refractivity contribution in [1.82, 2.24) is 5.32 Å². The highest BCUT2D eigenvalue weighted by molar-refractivity contribution is 7.08. The number of anilines is 1. The van der Waals surface area contributed by atoms with Gasteiger partial charge in [0.15, 0.2) is 0 Å². The number of nitrogens with one attached hydrogen (secondary N) is 1. The summed E-state index contributed by atoms with van der Waals surface area (Å²) in [6.07, 6.45) is 1.09. The molecule has 3 nitrogen and oxygen atoms in total. The van der Waals surface area contributed by atoms with Crippen LogP contribution >= 0.6 is 11.3 Å². The number of benzene rings is 1. The molecule has 104 valence electrons. The Hall–Kier alpha value is -1.52. The summed E-state index contributed by atoms with van der Waals surface area (Å²) in [4.78, 5) is 2.52. The van der Waals surface area contributed by atoms with Crippen molar-refractivity contribution < 1.29 is 4.74 Å². The number of piperazine rings is 1. The Balaban J connectivity index is 1.83. The molecule has 1 aromatic carbocycles. The van der Waals surface area contributed by atoms with Gasteiger partial charge in [-0.15, -0.1) is 0 Å². The standard InChI is InChI=1S/C16H18N2OS/c1-2-14(12-5-9-20-11-12)16-15(3-1)18-7-6-17-10-13(18)4-8-19-16/h1-3,5,9,11,13,17H,4,6-8,10H2/t13-/m0/s1. The van der Waals surface area contributed by atoms with Crippen LogP contribution in [0.15, 0.2) is 35.0 Å². The predicted octanol–water partition coefficient (Wildman–Crippen LogP) is 2.98. The third-order valence-corrected chi connectivity index (χ3v) is 4.87. The van der Waals surface area contributed by atoms with Crippen LogP contribution in [-0.4, -0.2) is 32.3 Å². The van der Waals surface area contributed by atoms with E-state index in [1.165, 1.54) is 16.8 Å². The van der Waals surface area contributed by atoms with E-state index in [0.29, 0.717) is 6.04 Å². The Morgan fingerprint density at radius 2 is 2.30 bits per heavy atom. The molecule has 4 rings (SSSR count). The number of nitrogens with zero attached hydrogens (tertiary/aromatic N) is 1. The Bertz CT molecular complexity index is 597. The van der Waals surface area contributed by atoms with Gasteiger partial charge < -0.3 is 15.0 Å². The fourth-order valence-corrected chi connectivity index (χ4v) is 3.84. The van der Waals surface area contributed by atoms with Gasteiger partial charge in [0.2, 0.25) is 0 Å². The maximum atomic E-state index is 6.13. The van der Waals surface area contributed by atoms with Gasteiger partial charge >= 0.3 is 0 Å². The maximum Gasteiger partial charge on any atom is 0.150 e. The van der Waals surface area contributed by atoms with E-state index in [9.17, 15) is 0 Å². The minimum atomic E-state index is 0.558. The zero-order valence-corrected chi connectivity index (χ0v) is 12.2. The molecule has 2 aromatic rings. The molecule has 1 atom stereocenters. The number of para-hydroxylation sites is 1. The van der Waals surface area contributed by atoms with Crippen LogP contribution in [0.3, 0.4) is 0 Å². The number of fused-ring (bicyclic) bond motifs is 3. The van der Waals surface area contributed by atoms with E-state index in [1.807, 2.05) is 0 Å². The fraction of sp³-hybridized carbons (Fsp3) is 0.375. The molecule has 1 aromatic heterocycles. The number of thiophene rings is 1. The Morgan fingerprint density at radius 3 is 3.20 bits per heavy atom. The summed E-state index contributed by atoms with van der Waals surface area (Å²) in [6.45, 7) is 3.98. The maximum absolute atomic E-state index is 6.13. The largest absolute Gasteiger partial charge is 0.491 e. The van der Waals surface area contributed by atoms with Crippen LogP contribution in [-0.2, 0) is 0 Å². The number of ether oxygens (including phenoxy) is 1. The topological polar surface area (TPSA) is 24.5 Å². The van der Waals surface area contributed by atoms with E-state index in [-0.39, 0.29) is 0 Å². The van der Waals surface area contributed by atoms with Crippen molar-refractivity contribution in [3.8, 4) is 16.9 Å². The van der Waals surface area contributed by atoms with Gasteiger partial charge in [-0.2, -0.15) is 11.3 Å². The van der Waals surface area contributed by atoms with E-state index >= 15 is 0 Å². The second-order valence-corrected chi connectivity index (χ2v) is 6.13. The van der Waals surface area contributed by atoms with Crippen LogP contribution < -0.4 is 15.0 Å². The van der Waals surface area contributed by atoms with Gasteiger partial charge in [-0.05, 0) is 28.5 Å². The molecule has 0 saturated carbocycles. The van der Waals surface area contributed by atoms with Gasteiger partial charge in [0, 0.05) is 37.7 Å². The van der Waals surface area contributed by atoms with Gasteiger partial charge in [-0.25, -0.2) is 0 Å². The summed E-state index contributed by atoms with van der Waals surface area (Å²) in [7, 11) is 0. The highest BCUT2D eigenvalue weighted by Gasteiger charge is 2.28. The van der Waals surface area contributed by atoms with Crippen molar-refractivity contribution >= 4 is 17.0 Å². The lowest BCUT2D eigenvalue weighted by Gasteiger charge is -2.36. The van der Waals surface area contributed by atoms with Crippen molar-refractivity contribution in [3.63, 3.8) is 0 Å². The van der Waals surface area contributed by atoms with Crippen LogP contribution in [0.25, 0.3) is 11.1 Å². The lowest BCUT2D eigenvalue weighted by Crippen LogP contribution is -2.51. The minimum absolute atomic E-state index is 0.558. The molecule has 3 heterocycles. The van der Waals surface area contributed by atoms with Crippen LogP contribution in [0.4, 0.5) is 5.69 Å². The average Bonchev–Trinajstić information content (AvgIpc) is 2.95. The van der Waals surface area contributed by atoms with Crippen molar-refractivity contribution in [2.75, 3.05) is 31.1 Å². The summed E-state index contributed by atoms with van der Waals surface area (Å²) < 4.78 is 6.13. The highest BCUT2D eigenvalue weighted by atomic mass is 32.1. The first-order valence-electron chi connectivity index (χ1n) is 7.19. The molecule has 4 heteroatoms. The number of rotatable bonds is 1. The molecule has 0 radical (unpaired) electrons. The quantitative estimate of drug-likeness (QED) is 0.872. The molecular weight excluding hydrogens is 268 g/mol. The molecule has 2 aliphatic heterocycles. The van der Waals surface area contributed by atoms with Gasteiger partial charge in [-0.1, -0.05) is 12.1 Å². The zero-order chi connectivity index (χ0) is 13.4. The zero-order valence-electron chi connectivity index (χ0n) is 11.3. The molecule has 0 aliphatic carbocycles. The van der Waals surface area contributed by atoms with Gasteiger partial charge in [0.05, 0.1) is 12.3 Å². The molecule has 0 amide bonds. The molecule has 0 spiro atoms. The molecule has 2 aliphatic rings. The molecule has 1 N–H and O–H groups in total.